The van der Waals surface area contributed by atoms with Gasteiger partial charge in [-0.05, 0) is 40.2 Å². The Morgan fingerprint density at radius 1 is 1.20 bits per heavy atom. The predicted molar refractivity (Wildman–Crippen MR) is 72.2 cm³/mol. The molecular formula is C13H7BrFNO4. The van der Waals surface area contributed by atoms with Crippen molar-refractivity contribution in [2.75, 3.05) is 0 Å². The number of esters is 1. The van der Waals surface area contributed by atoms with Crippen molar-refractivity contribution >= 4 is 27.6 Å². The predicted octanol–water partition coefficient (Wildman–Crippen LogP) is 3.72. The molecule has 7 heteroatoms. The van der Waals surface area contributed by atoms with E-state index in [0.29, 0.717) is 0 Å². The summed E-state index contributed by atoms with van der Waals surface area (Å²) >= 11 is 2.98. The first-order valence-electron chi connectivity index (χ1n) is 5.39. The van der Waals surface area contributed by atoms with Crippen molar-refractivity contribution in [3.8, 4) is 5.75 Å². The van der Waals surface area contributed by atoms with E-state index in [2.05, 4.69) is 15.9 Å². The Morgan fingerprint density at radius 2 is 1.85 bits per heavy atom. The van der Waals surface area contributed by atoms with Crippen molar-refractivity contribution in [2.24, 2.45) is 0 Å². The summed E-state index contributed by atoms with van der Waals surface area (Å²) in [6, 6.07) is 8.83. The minimum atomic E-state index is -0.721. The monoisotopic (exact) mass is 339 g/mol. The Kier molecular flexibility index (Phi) is 4.09. The molecule has 0 bridgehead atoms. The number of nitro benzene ring substituents is 1. The minimum Gasteiger partial charge on any atom is -0.423 e. The van der Waals surface area contributed by atoms with E-state index in [9.17, 15) is 19.3 Å². The second kappa shape index (κ2) is 5.79. The van der Waals surface area contributed by atoms with Gasteiger partial charge in [-0.1, -0.05) is 0 Å². The van der Waals surface area contributed by atoms with Gasteiger partial charge in [-0.2, -0.15) is 0 Å². The standard InChI is InChI=1S/C13H7BrFNO4/c14-11-6-5-10(7-12(11)15)20-13(17)8-1-3-9(4-2-8)16(18)19/h1-7H. The summed E-state index contributed by atoms with van der Waals surface area (Å²) in [6.45, 7) is 0. The number of nitrogens with zero attached hydrogens (tertiary/aromatic N) is 1. The molecule has 0 atom stereocenters. The van der Waals surface area contributed by atoms with E-state index in [1.807, 2.05) is 0 Å². The van der Waals surface area contributed by atoms with E-state index in [1.54, 1.807) is 0 Å². The second-order valence-electron chi connectivity index (χ2n) is 3.77. The number of non-ortho nitro benzene ring substituents is 1. The van der Waals surface area contributed by atoms with Crippen LogP contribution in [0.4, 0.5) is 10.1 Å². The van der Waals surface area contributed by atoms with Crippen LogP contribution < -0.4 is 4.74 Å². The molecule has 102 valence electrons. The number of hydrogen-bond donors (Lipinski definition) is 0. The third-order valence-electron chi connectivity index (χ3n) is 2.42. The largest absolute Gasteiger partial charge is 0.423 e. The summed E-state index contributed by atoms with van der Waals surface area (Å²) in [6.07, 6.45) is 0. The van der Waals surface area contributed by atoms with Gasteiger partial charge < -0.3 is 4.74 Å². The third-order valence-corrected chi connectivity index (χ3v) is 3.06. The molecule has 0 heterocycles. The van der Waals surface area contributed by atoms with Crippen LogP contribution in [0, 0.1) is 15.9 Å². The average Bonchev–Trinajstić information content (AvgIpc) is 2.43. The number of carbonyl (C=O) groups is 1. The van der Waals surface area contributed by atoms with Gasteiger partial charge in [0.2, 0.25) is 0 Å². The van der Waals surface area contributed by atoms with Crippen molar-refractivity contribution in [3.05, 3.63) is 68.4 Å². The quantitative estimate of drug-likeness (QED) is 0.370. The van der Waals surface area contributed by atoms with Crippen LogP contribution in [0.3, 0.4) is 0 Å². The highest BCUT2D eigenvalue weighted by Gasteiger charge is 2.12. The smallest absolute Gasteiger partial charge is 0.343 e. The van der Waals surface area contributed by atoms with Gasteiger partial charge in [0, 0.05) is 18.2 Å². The van der Waals surface area contributed by atoms with Crippen molar-refractivity contribution in [2.45, 2.75) is 0 Å². The number of ether oxygens (including phenoxy) is 1. The van der Waals surface area contributed by atoms with Crippen LogP contribution >= 0.6 is 15.9 Å². The van der Waals surface area contributed by atoms with Crippen molar-refractivity contribution in [1.82, 2.24) is 0 Å². The van der Waals surface area contributed by atoms with Crippen LogP contribution in [0.25, 0.3) is 0 Å². The van der Waals surface area contributed by atoms with Gasteiger partial charge in [0.05, 0.1) is 15.0 Å². The highest BCUT2D eigenvalue weighted by molar-refractivity contribution is 9.10. The summed E-state index contributed by atoms with van der Waals surface area (Å²) in [7, 11) is 0. The minimum absolute atomic E-state index is 0.0500. The Balaban J connectivity index is 2.15. The number of benzene rings is 2. The molecule has 0 aromatic heterocycles. The molecule has 5 nitrogen and oxygen atoms in total. The topological polar surface area (TPSA) is 69.4 Å². The lowest BCUT2D eigenvalue weighted by Gasteiger charge is -2.04. The first-order chi connectivity index (χ1) is 9.47. The first-order valence-corrected chi connectivity index (χ1v) is 6.18. The Labute approximate surface area is 121 Å². The molecule has 0 saturated carbocycles. The van der Waals surface area contributed by atoms with Crippen LogP contribution in [-0.4, -0.2) is 10.9 Å². The second-order valence-corrected chi connectivity index (χ2v) is 4.62. The molecule has 2 rings (SSSR count). The van der Waals surface area contributed by atoms with Gasteiger partial charge in [-0.15, -0.1) is 0 Å². The maximum absolute atomic E-state index is 13.3. The highest BCUT2D eigenvalue weighted by Crippen LogP contribution is 2.22. The van der Waals surface area contributed by atoms with E-state index < -0.39 is 16.7 Å². The van der Waals surface area contributed by atoms with Gasteiger partial charge >= 0.3 is 5.97 Å². The van der Waals surface area contributed by atoms with E-state index in [1.165, 1.54) is 36.4 Å². The Morgan fingerprint density at radius 3 is 2.40 bits per heavy atom. The zero-order chi connectivity index (χ0) is 14.7. The molecule has 0 amide bonds. The molecule has 0 aliphatic heterocycles. The van der Waals surface area contributed by atoms with Crippen LogP contribution in [0.5, 0.6) is 5.75 Å². The van der Waals surface area contributed by atoms with Gasteiger partial charge in [0.25, 0.3) is 5.69 Å². The SMILES string of the molecule is O=C(Oc1ccc(Br)c(F)c1)c1ccc([N+](=O)[O-])cc1. The fourth-order valence-electron chi connectivity index (χ4n) is 1.43. The lowest BCUT2D eigenvalue weighted by molar-refractivity contribution is -0.384. The molecular weight excluding hydrogens is 333 g/mol. The van der Waals surface area contributed by atoms with E-state index in [-0.39, 0.29) is 21.5 Å². The van der Waals surface area contributed by atoms with Crippen LogP contribution in [0.2, 0.25) is 0 Å². The molecule has 0 spiro atoms. The summed E-state index contributed by atoms with van der Waals surface area (Å²) in [5, 5.41) is 10.5. The fourth-order valence-corrected chi connectivity index (χ4v) is 1.67. The summed E-state index contributed by atoms with van der Waals surface area (Å²) in [4.78, 5) is 21.7. The van der Waals surface area contributed by atoms with Crippen LogP contribution in [0.15, 0.2) is 46.9 Å². The zero-order valence-corrected chi connectivity index (χ0v) is 11.5. The van der Waals surface area contributed by atoms with Crippen molar-refractivity contribution < 1.29 is 18.8 Å². The first kappa shape index (κ1) is 14.1. The zero-order valence-electron chi connectivity index (χ0n) is 9.88. The van der Waals surface area contributed by atoms with Gasteiger partial charge in [-0.25, -0.2) is 9.18 Å². The van der Waals surface area contributed by atoms with Crippen molar-refractivity contribution in [3.63, 3.8) is 0 Å². The van der Waals surface area contributed by atoms with E-state index in [4.69, 9.17) is 4.74 Å². The van der Waals surface area contributed by atoms with E-state index in [0.717, 1.165) is 6.07 Å². The number of carbonyl (C=O) groups excluding carboxylic acids is 1. The molecule has 0 radical (unpaired) electrons. The fraction of sp³-hybridized carbons (Fsp3) is 0. The summed E-state index contributed by atoms with van der Waals surface area (Å²) in [5.74, 6) is -1.23. The maximum atomic E-state index is 13.3. The van der Waals surface area contributed by atoms with Crippen molar-refractivity contribution in [1.29, 1.82) is 0 Å². The molecule has 0 aliphatic carbocycles. The molecule has 0 aliphatic rings. The molecule has 0 unspecified atom stereocenters. The molecule has 0 N–H and O–H groups in total. The molecule has 20 heavy (non-hydrogen) atoms. The Hall–Kier alpha value is -2.28. The average molecular weight is 340 g/mol. The lowest BCUT2D eigenvalue weighted by Crippen LogP contribution is -2.08. The lowest BCUT2D eigenvalue weighted by atomic mass is 10.2. The normalized spacial score (nSPS) is 10.1. The third kappa shape index (κ3) is 3.18. The molecule has 2 aromatic rings. The highest BCUT2D eigenvalue weighted by atomic mass is 79.9. The summed E-state index contributed by atoms with van der Waals surface area (Å²) < 4.78 is 18.5. The molecule has 0 saturated heterocycles. The Bertz CT molecular complexity index is 673. The van der Waals surface area contributed by atoms with Gasteiger partial charge in [0.1, 0.15) is 11.6 Å². The molecule has 0 fully saturated rings. The van der Waals surface area contributed by atoms with Gasteiger partial charge in [-0.3, -0.25) is 10.1 Å². The number of hydrogen-bond acceptors (Lipinski definition) is 4. The van der Waals surface area contributed by atoms with Gasteiger partial charge in [0.15, 0.2) is 0 Å². The number of nitro groups is 1. The van der Waals surface area contributed by atoms with Crippen LogP contribution in [0.1, 0.15) is 10.4 Å². The maximum Gasteiger partial charge on any atom is 0.343 e. The summed E-state index contributed by atoms with van der Waals surface area (Å²) in [5.41, 5.74) is 0.00941. The number of rotatable bonds is 3. The van der Waals surface area contributed by atoms with Crippen LogP contribution in [-0.2, 0) is 0 Å². The molecule has 2 aromatic carbocycles. The number of halogens is 2. The van der Waals surface area contributed by atoms with E-state index >= 15 is 0 Å².